The van der Waals surface area contributed by atoms with E-state index in [2.05, 4.69) is 0 Å². The topological polar surface area (TPSA) is 28.5 Å². The maximum atomic E-state index is 0. The average Bonchev–Trinajstić information content (AvgIpc) is 0. The summed E-state index contributed by atoms with van der Waals surface area (Å²) in [5.74, 6) is 0. The molecule has 0 spiro atoms. The van der Waals surface area contributed by atoms with Crippen LogP contribution in [-0.4, -0.2) is 66.1 Å². The van der Waals surface area contributed by atoms with Crippen molar-refractivity contribution in [2.75, 3.05) is 0 Å². The van der Waals surface area contributed by atoms with Crippen molar-refractivity contribution in [2.24, 2.45) is 0 Å². The molecule has 0 heterocycles. The zero-order chi connectivity index (χ0) is 0. The summed E-state index contributed by atoms with van der Waals surface area (Å²) in [4.78, 5) is 0. The van der Waals surface area contributed by atoms with Crippen molar-refractivity contribution >= 4 is 66.1 Å². The Morgan fingerprint density at radius 2 is 1.00 bits per heavy atom. The molecule has 0 saturated carbocycles. The first-order chi connectivity index (χ1) is 0. The smallest absolute Gasteiger partial charge is 2.00 e. The third-order valence-electron chi connectivity index (χ3n) is 0. The van der Waals surface area contributed by atoms with E-state index in [1.165, 1.54) is 0 Å². The Kier molecular flexibility index (Phi) is 531. The third-order valence-corrected chi connectivity index (χ3v) is 0. The van der Waals surface area contributed by atoms with E-state index in [1.54, 1.807) is 0 Å². The van der Waals surface area contributed by atoms with Gasteiger partial charge in [0.1, 0.15) is 0 Å². The van der Waals surface area contributed by atoms with Crippen molar-refractivity contribution in [3.8, 4) is 0 Å². The maximum Gasteiger partial charge on any atom is 4.00 e. The molecule has 0 aromatic carbocycles. The molecule has 0 amide bonds. The zero-order valence-corrected chi connectivity index (χ0v) is 9.15. The molecule has 0 radical (unpaired) electrons. The van der Waals surface area contributed by atoms with Gasteiger partial charge < -0.3 is 17.9 Å². The first-order valence-corrected chi connectivity index (χ1v) is 0. The van der Waals surface area contributed by atoms with Crippen LogP contribution < -0.4 is 12.4 Å². The normalized spacial score (nSPS) is 0. The summed E-state index contributed by atoms with van der Waals surface area (Å²) in [5, 5.41) is 0. The quantitative estimate of drug-likeness (QED) is 0.356. The fourth-order valence-electron chi connectivity index (χ4n) is 0. The van der Waals surface area contributed by atoms with Crippen molar-refractivity contribution in [1.29, 1.82) is 0 Å². The van der Waals surface area contributed by atoms with Gasteiger partial charge in [0.15, 0.2) is 0 Å². The monoisotopic (exact) mass is 202 g/mol. The molecule has 0 rings (SSSR count). The van der Waals surface area contributed by atoms with E-state index >= 15 is 0 Å². The molecule has 22 valence electrons. The molecule has 0 atom stereocenters. The van der Waals surface area contributed by atoms with Gasteiger partial charge in [-0.3, -0.25) is 0 Å². The van der Waals surface area contributed by atoms with Crippen LogP contribution in [0.4, 0.5) is 0 Å². The van der Waals surface area contributed by atoms with Crippen LogP contribution in [0.2, 0.25) is 0 Å². The summed E-state index contributed by atoms with van der Waals surface area (Å²) in [6, 6.07) is 0. The van der Waals surface area contributed by atoms with Gasteiger partial charge >= 0.3 is 83.1 Å². The van der Waals surface area contributed by atoms with Crippen LogP contribution in [0.1, 0.15) is 0 Å². The SMILES string of the molecule is [Al+3].[Ca+2].[Cl-].[Fe+2].[O-2].[Si+4]. The number of halogens is 1. The summed E-state index contributed by atoms with van der Waals surface area (Å²) < 4.78 is 0. The van der Waals surface area contributed by atoms with E-state index in [-0.39, 0.29) is 101 Å². The molecule has 0 bridgehead atoms. The Morgan fingerprint density at radius 1 is 1.00 bits per heavy atom. The van der Waals surface area contributed by atoms with Crippen LogP contribution in [0.5, 0.6) is 0 Å². The van der Waals surface area contributed by atoms with E-state index < -0.39 is 0 Å². The molecular formula is AlCaClFeOSi+8. The predicted molar refractivity (Wildman–Crippen MR) is 17.9 cm³/mol. The molecule has 1 nitrogen and oxygen atoms in total. The third kappa shape index (κ3) is 29.3. The van der Waals surface area contributed by atoms with Crippen molar-refractivity contribution in [2.45, 2.75) is 0 Å². The average molecular weight is 202 g/mol. The van der Waals surface area contributed by atoms with E-state index in [9.17, 15) is 0 Å². The van der Waals surface area contributed by atoms with Crippen LogP contribution in [0.15, 0.2) is 0 Å². The second-order valence-electron chi connectivity index (χ2n) is 0. The second-order valence-corrected chi connectivity index (χ2v) is 0. The summed E-state index contributed by atoms with van der Waals surface area (Å²) in [6.07, 6.45) is 0. The minimum absolute atomic E-state index is 0. The minimum Gasteiger partial charge on any atom is -2.00 e. The zero-order valence-electron chi connectivity index (χ0n) is 2.92. The first-order valence-electron chi connectivity index (χ1n) is 0. The maximum absolute atomic E-state index is 0. The van der Waals surface area contributed by atoms with Gasteiger partial charge in [-0.05, 0) is 0 Å². The first kappa shape index (κ1) is 68.8. The van der Waals surface area contributed by atoms with Gasteiger partial charge in [0.25, 0.3) is 0 Å². The van der Waals surface area contributed by atoms with Crippen LogP contribution in [0, 0.1) is 0 Å². The molecule has 0 aliphatic rings. The van der Waals surface area contributed by atoms with Crippen molar-refractivity contribution in [3.63, 3.8) is 0 Å². The van der Waals surface area contributed by atoms with Gasteiger partial charge in [-0.2, -0.15) is 0 Å². The molecule has 0 N–H and O–H groups in total. The van der Waals surface area contributed by atoms with E-state index in [1.807, 2.05) is 0 Å². The van der Waals surface area contributed by atoms with Gasteiger partial charge in [0, 0.05) is 0 Å². The van der Waals surface area contributed by atoms with Crippen LogP contribution >= 0.6 is 0 Å². The molecule has 0 fully saturated rings. The molecule has 0 aliphatic heterocycles. The van der Waals surface area contributed by atoms with E-state index in [4.69, 9.17) is 0 Å². The van der Waals surface area contributed by atoms with Gasteiger partial charge in [-0.25, -0.2) is 0 Å². The fourth-order valence-corrected chi connectivity index (χ4v) is 0. The van der Waals surface area contributed by atoms with Gasteiger partial charge in [-0.1, -0.05) is 0 Å². The van der Waals surface area contributed by atoms with Crippen molar-refractivity contribution in [1.82, 2.24) is 0 Å². The summed E-state index contributed by atoms with van der Waals surface area (Å²) >= 11 is 0. The molecule has 0 aromatic heterocycles. The van der Waals surface area contributed by atoms with E-state index in [0.29, 0.717) is 0 Å². The summed E-state index contributed by atoms with van der Waals surface area (Å²) in [5.41, 5.74) is 0. The Labute approximate surface area is 99.4 Å². The molecular weight excluding hydrogens is 202 g/mol. The Hall–Kier alpha value is 2.78. The molecule has 0 aromatic rings. The summed E-state index contributed by atoms with van der Waals surface area (Å²) in [6.45, 7) is 0. The van der Waals surface area contributed by atoms with Gasteiger partial charge in [-0.15, -0.1) is 0 Å². The Bertz CT molecular complexity index is 15.5. The largest absolute Gasteiger partial charge is 4.00 e. The fraction of sp³-hybridized carbons (Fsp3) is 0. The van der Waals surface area contributed by atoms with Gasteiger partial charge in [0.2, 0.25) is 0 Å². The van der Waals surface area contributed by atoms with E-state index in [0.717, 1.165) is 0 Å². The minimum atomic E-state index is 0. The van der Waals surface area contributed by atoms with Crippen LogP contribution in [-0.2, 0) is 22.5 Å². The number of hydrogen-bond acceptors (Lipinski definition) is 0. The molecule has 0 unspecified atom stereocenters. The second kappa shape index (κ2) is 46.3. The number of rotatable bonds is 0. The molecule has 6 heteroatoms. The molecule has 6 heavy (non-hydrogen) atoms. The Balaban J connectivity index is 0. The molecule has 0 saturated heterocycles. The summed E-state index contributed by atoms with van der Waals surface area (Å²) in [7, 11) is 0. The van der Waals surface area contributed by atoms with Crippen molar-refractivity contribution in [3.05, 3.63) is 0 Å². The van der Waals surface area contributed by atoms with Gasteiger partial charge in [0.05, 0.1) is 0 Å². The van der Waals surface area contributed by atoms with Crippen LogP contribution in [0.25, 0.3) is 0 Å². The van der Waals surface area contributed by atoms with Crippen LogP contribution in [0.3, 0.4) is 0 Å². The standard InChI is InChI=1S/Al.Ca.ClH.Fe.O.Si/h;;1H;;;/q+3;+2;;+2;-2;+4/p-1. The Morgan fingerprint density at radius 3 is 1.00 bits per heavy atom. The molecule has 0 aliphatic carbocycles. The predicted octanol–water partition coefficient (Wildman–Crippen LogP) is -4.26. The number of hydrogen-bond donors (Lipinski definition) is 0. The van der Waals surface area contributed by atoms with Crippen molar-refractivity contribution < 1.29 is 35.0 Å².